The van der Waals surface area contributed by atoms with E-state index in [0.29, 0.717) is 21.8 Å². The number of nitrogen functional groups attached to an aromatic ring is 1. The molecule has 0 saturated carbocycles. The van der Waals surface area contributed by atoms with Gasteiger partial charge in [-0.2, -0.15) is 5.26 Å². The van der Waals surface area contributed by atoms with Gasteiger partial charge in [0.25, 0.3) is 5.91 Å². The maximum atomic E-state index is 11.7. The fourth-order valence-electron chi connectivity index (χ4n) is 1.49. The van der Waals surface area contributed by atoms with Crippen molar-refractivity contribution >= 4 is 33.9 Å². The zero-order valence-electron chi connectivity index (χ0n) is 10.8. The summed E-state index contributed by atoms with van der Waals surface area (Å²) in [6, 6.07) is 9.73. The van der Waals surface area contributed by atoms with Crippen molar-refractivity contribution in [3.8, 4) is 6.07 Å². The van der Waals surface area contributed by atoms with Gasteiger partial charge in [0.15, 0.2) is 6.61 Å². The van der Waals surface area contributed by atoms with Crippen LogP contribution in [0, 0.1) is 11.3 Å². The number of thiophene rings is 1. The smallest absolute Gasteiger partial charge is 0.338 e. The van der Waals surface area contributed by atoms with Crippen LogP contribution in [0.2, 0.25) is 0 Å². The Morgan fingerprint density at radius 2 is 2.00 bits per heavy atom. The van der Waals surface area contributed by atoms with Crippen LogP contribution in [0.4, 0.5) is 10.7 Å². The fraction of sp³-hybridized carbons (Fsp3) is 0.0714. The highest BCUT2D eigenvalue weighted by Gasteiger charge is 2.12. The number of nitrogens with two attached hydrogens (primary N) is 1. The maximum absolute atomic E-state index is 11.7. The molecule has 0 unspecified atom stereocenters. The zero-order valence-corrected chi connectivity index (χ0v) is 11.6. The first-order chi connectivity index (χ1) is 10.1. The summed E-state index contributed by atoms with van der Waals surface area (Å²) in [7, 11) is 0. The highest BCUT2D eigenvalue weighted by molar-refractivity contribution is 7.14. The van der Waals surface area contributed by atoms with Gasteiger partial charge in [-0.3, -0.25) is 4.79 Å². The molecular formula is C14H11N3O3S. The Morgan fingerprint density at radius 3 is 2.67 bits per heavy atom. The van der Waals surface area contributed by atoms with Crippen molar-refractivity contribution in [2.45, 2.75) is 0 Å². The largest absolute Gasteiger partial charge is 0.452 e. The second-order valence-corrected chi connectivity index (χ2v) is 4.94. The molecule has 0 atom stereocenters. The van der Waals surface area contributed by atoms with E-state index in [-0.39, 0.29) is 0 Å². The molecule has 2 rings (SSSR count). The second-order valence-electron chi connectivity index (χ2n) is 4.02. The Bertz CT molecular complexity index is 701. The number of benzene rings is 1. The van der Waals surface area contributed by atoms with E-state index in [2.05, 4.69) is 5.32 Å². The number of carbonyl (C=O) groups excluding carboxylic acids is 2. The first kappa shape index (κ1) is 14.6. The van der Waals surface area contributed by atoms with Crippen molar-refractivity contribution in [1.82, 2.24) is 0 Å². The van der Waals surface area contributed by atoms with Gasteiger partial charge in [0.2, 0.25) is 0 Å². The lowest BCUT2D eigenvalue weighted by Gasteiger charge is -2.05. The number of nitrogens with one attached hydrogen (secondary N) is 1. The van der Waals surface area contributed by atoms with Crippen molar-refractivity contribution in [3.05, 3.63) is 46.8 Å². The Labute approximate surface area is 124 Å². The molecule has 0 spiro atoms. The van der Waals surface area contributed by atoms with E-state index in [1.54, 1.807) is 23.6 Å². The van der Waals surface area contributed by atoms with Gasteiger partial charge in [0.05, 0.1) is 11.1 Å². The van der Waals surface area contributed by atoms with Gasteiger partial charge >= 0.3 is 5.97 Å². The SMILES string of the molecule is N#Cc1ccsc1NC(=O)COC(=O)c1ccc(N)cc1. The molecule has 1 heterocycles. The number of rotatable bonds is 4. The molecule has 6 nitrogen and oxygen atoms in total. The number of ether oxygens (including phenoxy) is 1. The minimum atomic E-state index is -0.614. The van der Waals surface area contributed by atoms with E-state index in [1.165, 1.54) is 23.5 Å². The van der Waals surface area contributed by atoms with E-state index in [0.717, 1.165) is 0 Å². The Morgan fingerprint density at radius 1 is 1.29 bits per heavy atom. The number of nitrogens with zero attached hydrogens (tertiary/aromatic N) is 1. The fourth-order valence-corrected chi connectivity index (χ4v) is 2.24. The monoisotopic (exact) mass is 301 g/mol. The van der Waals surface area contributed by atoms with Crippen molar-refractivity contribution in [1.29, 1.82) is 5.26 Å². The molecule has 0 saturated heterocycles. The Hall–Kier alpha value is -2.85. The summed E-state index contributed by atoms with van der Waals surface area (Å²) in [5.74, 6) is -1.12. The molecule has 7 heteroatoms. The molecule has 1 aromatic heterocycles. The van der Waals surface area contributed by atoms with E-state index >= 15 is 0 Å². The summed E-state index contributed by atoms with van der Waals surface area (Å²) in [5, 5.41) is 13.5. The van der Waals surface area contributed by atoms with Crippen LogP contribution < -0.4 is 11.1 Å². The summed E-state index contributed by atoms with van der Waals surface area (Å²) < 4.78 is 4.88. The predicted octanol–water partition coefficient (Wildman–Crippen LogP) is 2.00. The van der Waals surface area contributed by atoms with Crippen LogP contribution >= 0.6 is 11.3 Å². The molecule has 0 bridgehead atoms. The number of hydrogen-bond donors (Lipinski definition) is 2. The summed E-state index contributed by atoms with van der Waals surface area (Å²) in [4.78, 5) is 23.4. The van der Waals surface area contributed by atoms with Crippen LogP contribution in [0.3, 0.4) is 0 Å². The minimum Gasteiger partial charge on any atom is -0.452 e. The zero-order chi connectivity index (χ0) is 15.2. The molecule has 2 aromatic rings. The molecule has 21 heavy (non-hydrogen) atoms. The van der Waals surface area contributed by atoms with Gasteiger partial charge in [0.1, 0.15) is 11.1 Å². The van der Waals surface area contributed by atoms with Gasteiger partial charge in [-0.15, -0.1) is 11.3 Å². The molecule has 106 valence electrons. The summed E-state index contributed by atoms with van der Waals surface area (Å²) in [6.07, 6.45) is 0. The Balaban J connectivity index is 1.88. The number of nitriles is 1. The lowest BCUT2D eigenvalue weighted by Crippen LogP contribution is -2.20. The molecule has 0 aliphatic heterocycles. The topological polar surface area (TPSA) is 105 Å². The van der Waals surface area contributed by atoms with Crippen molar-refractivity contribution in [2.24, 2.45) is 0 Å². The molecule has 0 fully saturated rings. The van der Waals surface area contributed by atoms with Gasteiger partial charge in [-0.25, -0.2) is 4.79 Å². The van der Waals surface area contributed by atoms with Crippen LogP contribution in [0.5, 0.6) is 0 Å². The van der Waals surface area contributed by atoms with E-state index in [9.17, 15) is 9.59 Å². The van der Waals surface area contributed by atoms with Crippen LogP contribution in [0.1, 0.15) is 15.9 Å². The summed E-state index contributed by atoms with van der Waals surface area (Å²) in [5.41, 5.74) is 6.73. The van der Waals surface area contributed by atoms with Crippen molar-refractivity contribution < 1.29 is 14.3 Å². The van der Waals surface area contributed by atoms with Gasteiger partial charge < -0.3 is 15.8 Å². The third-order valence-electron chi connectivity index (χ3n) is 2.52. The van der Waals surface area contributed by atoms with E-state index in [1.807, 2.05) is 6.07 Å². The minimum absolute atomic E-state index is 0.311. The van der Waals surface area contributed by atoms with Crippen molar-refractivity contribution in [3.63, 3.8) is 0 Å². The number of anilines is 2. The lowest BCUT2D eigenvalue weighted by molar-refractivity contribution is -0.119. The number of amides is 1. The molecule has 0 radical (unpaired) electrons. The van der Waals surface area contributed by atoms with Crippen LogP contribution in [-0.2, 0) is 9.53 Å². The standard InChI is InChI=1S/C14H11N3O3S/c15-7-10-5-6-21-13(10)17-12(18)8-20-14(19)9-1-3-11(16)4-2-9/h1-6H,8,16H2,(H,17,18). The van der Waals surface area contributed by atoms with Gasteiger partial charge in [-0.1, -0.05) is 0 Å². The third kappa shape index (κ3) is 3.81. The summed E-state index contributed by atoms with van der Waals surface area (Å²) >= 11 is 1.23. The summed E-state index contributed by atoms with van der Waals surface area (Å²) in [6.45, 7) is -0.425. The molecule has 0 aliphatic rings. The Kier molecular flexibility index (Phi) is 4.53. The number of hydrogen-bond acceptors (Lipinski definition) is 6. The van der Waals surface area contributed by atoms with Gasteiger partial charge in [0, 0.05) is 5.69 Å². The van der Waals surface area contributed by atoms with Gasteiger partial charge in [-0.05, 0) is 35.7 Å². The van der Waals surface area contributed by atoms with Crippen molar-refractivity contribution in [2.75, 3.05) is 17.7 Å². The lowest BCUT2D eigenvalue weighted by atomic mass is 10.2. The van der Waals surface area contributed by atoms with Crippen LogP contribution in [0.15, 0.2) is 35.7 Å². The number of carbonyl (C=O) groups is 2. The van der Waals surface area contributed by atoms with E-state index in [4.69, 9.17) is 15.7 Å². The molecule has 3 N–H and O–H groups in total. The average molecular weight is 301 g/mol. The first-order valence-corrected chi connectivity index (χ1v) is 6.78. The van der Waals surface area contributed by atoms with Crippen LogP contribution in [-0.4, -0.2) is 18.5 Å². The second kappa shape index (κ2) is 6.54. The quantitative estimate of drug-likeness (QED) is 0.663. The predicted molar refractivity (Wildman–Crippen MR) is 78.8 cm³/mol. The highest BCUT2D eigenvalue weighted by Crippen LogP contribution is 2.21. The first-order valence-electron chi connectivity index (χ1n) is 5.90. The molecule has 0 aliphatic carbocycles. The normalized spacial score (nSPS) is 9.67. The molecule has 1 aromatic carbocycles. The van der Waals surface area contributed by atoms with Crippen LogP contribution in [0.25, 0.3) is 0 Å². The maximum Gasteiger partial charge on any atom is 0.338 e. The average Bonchev–Trinajstić information content (AvgIpc) is 2.92. The molecule has 1 amide bonds. The van der Waals surface area contributed by atoms with E-state index < -0.39 is 18.5 Å². The molecular weight excluding hydrogens is 290 g/mol. The third-order valence-corrected chi connectivity index (χ3v) is 3.35. The highest BCUT2D eigenvalue weighted by atomic mass is 32.1. The number of esters is 1.